The van der Waals surface area contributed by atoms with E-state index in [9.17, 15) is 81.5 Å². The average molecular weight is 1910 g/mol. The number of carbonyl (C=O) groups excluding carboxylic acids is 17. The molecular weight excluding hydrogens is 1770 g/mol. The topological polar surface area (TPSA) is 562 Å². The Bertz CT molecular complexity index is 3930. The second kappa shape index (κ2) is 63.6. The van der Waals surface area contributed by atoms with Crippen LogP contribution in [-0.4, -0.2) is 304 Å². The molecule has 3 fully saturated rings. The molecule has 1 aliphatic carbocycles. The zero-order valence-corrected chi connectivity index (χ0v) is 78.8. The van der Waals surface area contributed by atoms with E-state index in [1.54, 1.807) is 6.08 Å². The summed E-state index contributed by atoms with van der Waals surface area (Å²) >= 11 is 0. The molecule has 3 aliphatic heterocycles. The summed E-state index contributed by atoms with van der Waals surface area (Å²) in [5.41, 5.74) is 1.11. The molecule has 1 aromatic rings. The zero-order chi connectivity index (χ0) is 98.4. The molecule has 18 atom stereocenters. The van der Waals surface area contributed by atoms with E-state index in [4.69, 9.17) is 90.0 Å². The molecule has 754 valence electrons. The van der Waals surface area contributed by atoms with Crippen molar-refractivity contribution < 1.29 is 172 Å². The van der Waals surface area contributed by atoms with E-state index in [2.05, 4.69) is 42.5 Å². The fourth-order valence-electron chi connectivity index (χ4n) is 14.9. The largest absolute Gasteiger partial charge is 0.463 e. The number of ether oxygens (including phenoxy) is 19. The standard InChI is InChI=1S/C90H138N8O36/c1-54(99)96-76-83(129-63(10)108)80(126-60(7)105)70(51-122-57(4)102)132-87(76)119-42-29-18-15-24-37-91-73(111)34-45-116-68-48-67(86(114)94-40-27-13-14-28-41-95-90(115)125-50-66-32-22-21-23-33-66)49-69(117-46-35-74(112)92-38-25-16-19-30-43-120-88-77(97-55(2)100)84(130-64(11)109)81(127-61(8)106)71(133-88)52-123-58(5)103)79(68)118-47-36-75(113)93-39-26-17-20-31-44-121-89-78(98-56(3)101)85(131-65(12)110)82(128-62(9)107)72(134-89)53-124-59(6)104/h21-23,32-33,48,68-72,76-85,87-89H,13-20,24-31,34-47,49-53H2,1-12H3,(H,91,111)(H,92,112)(H,93,113)(H,94,114)(H,95,115)(H,96,99)(H,97,100)(H,98,101)/t68-,69-,70-,71-,72-,76-,77-,78-,79-,80+,81+,82+,83-,84-,85-,87-,88-,89-/m1/s1. The van der Waals surface area contributed by atoms with Crippen LogP contribution in [0.15, 0.2) is 42.0 Å². The zero-order valence-electron chi connectivity index (χ0n) is 78.8. The van der Waals surface area contributed by atoms with Crippen LogP contribution in [0.1, 0.15) is 217 Å². The Kier molecular flexibility index (Phi) is 54.1. The van der Waals surface area contributed by atoms with Crippen molar-refractivity contribution in [2.45, 2.75) is 328 Å². The first kappa shape index (κ1) is 114. The van der Waals surface area contributed by atoms with Gasteiger partial charge in [0, 0.05) is 167 Å². The smallest absolute Gasteiger partial charge is 0.407 e. The van der Waals surface area contributed by atoms with Crippen LogP contribution in [0.4, 0.5) is 4.79 Å². The van der Waals surface area contributed by atoms with Crippen LogP contribution in [0, 0.1) is 0 Å². The van der Waals surface area contributed by atoms with Crippen LogP contribution in [0.2, 0.25) is 0 Å². The van der Waals surface area contributed by atoms with Crippen molar-refractivity contribution >= 4 is 101 Å². The molecule has 8 amide bonds. The molecule has 134 heavy (non-hydrogen) atoms. The van der Waals surface area contributed by atoms with Gasteiger partial charge in [-0.2, -0.15) is 0 Å². The molecule has 0 unspecified atom stereocenters. The van der Waals surface area contributed by atoms with Gasteiger partial charge in [0.05, 0.1) is 25.9 Å². The number of unbranched alkanes of at least 4 members (excludes halogenated alkanes) is 12. The average Bonchev–Trinajstić information content (AvgIpc) is 0.795. The van der Waals surface area contributed by atoms with Gasteiger partial charge in [-0.05, 0) is 63.0 Å². The highest BCUT2D eigenvalue weighted by Crippen LogP contribution is 2.34. The molecule has 0 bridgehead atoms. The highest BCUT2D eigenvalue weighted by atomic mass is 16.7. The van der Waals surface area contributed by atoms with Crippen molar-refractivity contribution in [3.63, 3.8) is 0 Å². The molecule has 3 saturated heterocycles. The molecule has 0 saturated carbocycles. The first-order valence-electron chi connectivity index (χ1n) is 45.6. The molecule has 0 spiro atoms. The number of carbonyl (C=O) groups is 17. The van der Waals surface area contributed by atoms with Crippen molar-refractivity contribution in [2.24, 2.45) is 0 Å². The molecule has 8 N–H and O–H groups in total. The fourth-order valence-corrected chi connectivity index (χ4v) is 14.9. The third-order valence-corrected chi connectivity index (χ3v) is 20.8. The van der Waals surface area contributed by atoms with E-state index < -0.39 is 214 Å². The summed E-state index contributed by atoms with van der Waals surface area (Å²) in [4.78, 5) is 214. The summed E-state index contributed by atoms with van der Waals surface area (Å²) in [5.74, 6) is -9.65. The highest BCUT2D eigenvalue weighted by molar-refractivity contribution is 5.94. The minimum Gasteiger partial charge on any atom is -0.463 e. The number of benzene rings is 1. The van der Waals surface area contributed by atoms with Gasteiger partial charge in [0.25, 0.3) is 0 Å². The number of alkyl carbamates (subject to hydrolysis) is 1. The first-order chi connectivity index (χ1) is 64.0. The van der Waals surface area contributed by atoms with Crippen LogP contribution in [0.5, 0.6) is 0 Å². The second-order valence-corrected chi connectivity index (χ2v) is 32.4. The van der Waals surface area contributed by atoms with Crippen LogP contribution in [0.3, 0.4) is 0 Å². The third-order valence-electron chi connectivity index (χ3n) is 20.8. The van der Waals surface area contributed by atoms with Gasteiger partial charge in [-0.25, -0.2) is 4.79 Å². The van der Waals surface area contributed by atoms with Gasteiger partial charge in [0.1, 0.15) is 75.1 Å². The van der Waals surface area contributed by atoms with Crippen molar-refractivity contribution in [2.75, 3.05) is 92.2 Å². The number of amides is 8. The van der Waals surface area contributed by atoms with Gasteiger partial charge in [0.15, 0.2) is 55.5 Å². The van der Waals surface area contributed by atoms with Gasteiger partial charge in [-0.15, -0.1) is 0 Å². The predicted molar refractivity (Wildman–Crippen MR) is 466 cm³/mol. The number of esters is 9. The SMILES string of the molecule is CC(=O)N[C@H]1[C@H](OCCCCCCNC(=O)CCO[C@@H]2[C@H](OCCC(=O)NCCCCCCO[C@@H]3O[C@H](COC(C)=O)[C@H](OC(C)=O)[C@H](OC(C)=O)[C@H]3NC(C)=O)C=C(C(=O)NCCCCCCNC(=O)OCc3ccccc3)C[C@H]2OCCC(=O)NCCCCCCO[C@@H]2O[C@H](COC(C)=O)[C@H](OC(C)=O)[C@H](OC(C)=O)[C@H]2NC(C)=O)O[C@H](COC(C)=O)[C@H](OC(C)=O)[C@@H]1OC(C)=O. The normalized spacial score (nSPS) is 23.5. The molecule has 0 radical (unpaired) electrons. The lowest BCUT2D eigenvalue weighted by molar-refractivity contribution is -0.277. The van der Waals surface area contributed by atoms with E-state index in [1.165, 1.54) is 41.5 Å². The molecule has 1 aromatic carbocycles. The highest BCUT2D eigenvalue weighted by Gasteiger charge is 2.55. The lowest BCUT2D eigenvalue weighted by Gasteiger charge is -2.44. The van der Waals surface area contributed by atoms with Gasteiger partial charge in [0.2, 0.25) is 41.4 Å². The van der Waals surface area contributed by atoms with Crippen molar-refractivity contribution in [3.05, 3.63) is 47.5 Å². The Morgan fingerprint density at radius 2 is 0.627 bits per heavy atom. The minimum atomic E-state index is -1.29. The maximum Gasteiger partial charge on any atom is 0.407 e. The maximum atomic E-state index is 14.3. The number of hydrogen-bond acceptors (Lipinski definition) is 36. The minimum absolute atomic E-state index is 0.0288. The van der Waals surface area contributed by atoms with Crippen LogP contribution >= 0.6 is 0 Å². The van der Waals surface area contributed by atoms with E-state index in [1.807, 2.05) is 30.3 Å². The van der Waals surface area contributed by atoms with Gasteiger partial charge >= 0.3 is 59.8 Å². The monoisotopic (exact) mass is 1910 g/mol. The van der Waals surface area contributed by atoms with E-state index in [0.717, 1.165) is 53.5 Å². The summed E-state index contributed by atoms with van der Waals surface area (Å²) in [7, 11) is 0. The lowest BCUT2D eigenvalue weighted by atomic mass is 9.91. The maximum absolute atomic E-state index is 14.3. The Morgan fingerprint density at radius 1 is 0.313 bits per heavy atom. The van der Waals surface area contributed by atoms with Gasteiger partial charge in [-0.3, -0.25) is 76.7 Å². The fraction of sp³-hybridized carbons (Fsp3) is 0.722. The van der Waals surface area contributed by atoms with Crippen LogP contribution in [-0.2, 0) is 173 Å². The lowest BCUT2D eigenvalue weighted by Crippen LogP contribution is -2.66. The second-order valence-electron chi connectivity index (χ2n) is 32.4. The molecule has 44 nitrogen and oxygen atoms in total. The number of hydrogen-bond donors (Lipinski definition) is 8. The first-order valence-corrected chi connectivity index (χ1v) is 45.6. The summed E-state index contributed by atoms with van der Waals surface area (Å²) in [6.07, 6.45) is -8.00. The molecule has 4 aliphatic rings. The van der Waals surface area contributed by atoms with Crippen molar-refractivity contribution in [1.82, 2.24) is 42.5 Å². The Hall–Kier alpha value is -10.6. The summed E-state index contributed by atoms with van der Waals surface area (Å²) in [6.45, 7) is 14.1. The molecule has 5 rings (SSSR count). The molecule has 3 heterocycles. The predicted octanol–water partition coefficient (Wildman–Crippen LogP) is 3.29. The van der Waals surface area contributed by atoms with Crippen molar-refractivity contribution in [1.29, 1.82) is 0 Å². The number of nitrogens with one attached hydrogen (secondary N) is 8. The van der Waals surface area contributed by atoms with Crippen molar-refractivity contribution in [3.8, 4) is 0 Å². The van der Waals surface area contributed by atoms with Crippen LogP contribution < -0.4 is 42.5 Å². The van der Waals surface area contributed by atoms with Crippen LogP contribution in [0.25, 0.3) is 0 Å². The number of rotatable bonds is 61. The molecule has 0 aromatic heterocycles. The quantitative estimate of drug-likeness (QED) is 0.0263. The Balaban J connectivity index is 1.24. The summed E-state index contributed by atoms with van der Waals surface area (Å²) in [6, 6.07) is 5.83. The molecular formula is C90H138N8O36. The third kappa shape index (κ3) is 46.1. The Morgan fingerprint density at radius 3 is 0.963 bits per heavy atom. The Labute approximate surface area is 780 Å². The summed E-state index contributed by atoms with van der Waals surface area (Å²) < 4.78 is 110. The van der Waals surface area contributed by atoms with E-state index in [0.29, 0.717) is 103 Å². The molecule has 44 heteroatoms. The summed E-state index contributed by atoms with van der Waals surface area (Å²) in [5, 5.41) is 22.5. The van der Waals surface area contributed by atoms with E-state index in [-0.39, 0.29) is 121 Å². The van der Waals surface area contributed by atoms with Gasteiger partial charge < -0.3 is 133 Å². The van der Waals surface area contributed by atoms with Gasteiger partial charge in [-0.1, -0.05) is 81.7 Å². The van der Waals surface area contributed by atoms with E-state index >= 15 is 0 Å².